The Morgan fingerprint density at radius 1 is 1.38 bits per heavy atom. The third kappa shape index (κ3) is 3.43. The number of piperazine rings is 1. The summed E-state index contributed by atoms with van der Waals surface area (Å²) in [5.74, 6) is 1.88. The highest BCUT2D eigenvalue weighted by molar-refractivity contribution is 9.10. The van der Waals surface area contributed by atoms with E-state index in [4.69, 9.17) is 4.74 Å². The highest BCUT2D eigenvalue weighted by Gasteiger charge is 2.40. The molecule has 1 atom stereocenters. The van der Waals surface area contributed by atoms with Gasteiger partial charge >= 0.3 is 0 Å². The van der Waals surface area contributed by atoms with E-state index in [0.717, 1.165) is 35.8 Å². The lowest BCUT2D eigenvalue weighted by atomic mass is 9.95. The normalized spacial score (nSPS) is 25.8. The van der Waals surface area contributed by atoms with Crippen molar-refractivity contribution in [2.45, 2.75) is 44.8 Å². The Kier molecular flexibility index (Phi) is 4.30. The second-order valence-corrected chi connectivity index (χ2v) is 7.89. The van der Waals surface area contributed by atoms with Crippen LogP contribution in [0.4, 0.5) is 0 Å². The van der Waals surface area contributed by atoms with Crippen LogP contribution in [0.2, 0.25) is 0 Å². The Hall–Kier alpha value is -0.580. The minimum Gasteiger partial charge on any atom is -0.496 e. The van der Waals surface area contributed by atoms with Crippen LogP contribution >= 0.6 is 15.9 Å². The molecule has 1 aliphatic carbocycles. The Morgan fingerprint density at radius 3 is 2.81 bits per heavy atom. The summed E-state index contributed by atoms with van der Waals surface area (Å²) in [6, 6.07) is 6.94. The molecule has 1 unspecified atom stereocenters. The molecule has 0 spiro atoms. The lowest BCUT2D eigenvalue weighted by molar-refractivity contribution is 0.0527. The molecule has 0 aromatic heterocycles. The van der Waals surface area contributed by atoms with Crippen molar-refractivity contribution in [2.75, 3.05) is 20.2 Å². The summed E-state index contributed by atoms with van der Waals surface area (Å²) in [5.41, 5.74) is 1.44. The second kappa shape index (κ2) is 5.90. The van der Waals surface area contributed by atoms with Crippen molar-refractivity contribution in [3.63, 3.8) is 0 Å². The molecule has 2 aliphatic rings. The molecular formula is C17H25BrN2O. The zero-order valence-corrected chi connectivity index (χ0v) is 14.7. The van der Waals surface area contributed by atoms with Gasteiger partial charge in [0.2, 0.25) is 0 Å². The molecule has 1 saturated carbocycles. The molecule has 0 bridgehead atoms. The van der Waals surface area contributed by atoms with Crippen molar-refractivity contribution in [1.29, 1.82) is 0 Å². The van der Waals surface area contributed by atoms with E-state index in [-0.39, 0.29) is 5.54 Å². The first-order valence-corrected chi connectivity index (χ1v) is 8.60. The molecule has 3 rings (SSSR count). The maximum atomic E-state index is 5.53. The SMILES string of the molecule is COc1ccc(Br)cc1CN1CC(C2CC2)NCC1(C)C. The molecule has 0 amide bonds. The molecular weight excluding hydrogens is 328 g/mol. The molecule has 1 saturated heterocycles. The van der Waals surface area contributed by atoms with Crippen LogP contribution in [0.3, 0.4) is 0 Å². The molecule has 21 heavy (non-hydrogen) atoms. The summed E-state index contributed by atoms with van der Waals surface area (Å²) >= 11 is 3.58. The Labute approximate surface area is 136 Å². The number of benzene rings is 1. The molecule has 3 nitrogen and oxygen atoms in total. The Balaban J connectivity index is 1.79. The van der Waals surface area contributed by atoms with Gasteiger partial charge in [-0.05, 0) is 50.8 Å². The number of rotatable bonds is 4. The first-order valence-electron chi connectivity index (χ1n) is 7.80. The van der Waals surface area contributed by atoms with Crippen LogP contribution in [-0.4, -0.2) is 36.7 Å². The van der Waals surface area contributed by atoms with Crippen LogP contribution in [0.25, 0.3) is 0 Å². The average molecular weight is 353 g/mol. The fourth-order valence-electron chi connectivity index (χ4n) is 3.21. The van der Waals surface area contributed by atoms with Gasteiger partial charge in [-0.3, -0.25) is 4.90 Å². The van der Waals surface area contributed by atoms with Crippen LogP contribution in [0, 0.1) is 5.92 Å². The second-order valence-electron chi connectivity index (χ2n) is 6.97. The summed E-state index contributed by atoms with van der Waals surface area (Å²) in [7, 11) is 1.75. The van der Waals surface area contributed by atoms with Crippen LogP contribution in [-0.2, 0) is 6.54 Å². The number of hydrogen-bond donors (Lipinski definition) is 1. The van der Waals surface area contributed by atoms with Crippen molar-refractivity contribution in [2.24, 2.45) is 5.92 Å². The van der Waals surface area contributed by atoms with Crippen molar-refractivity contribution >= 4 is 15.9 Å². The predicted molar refractivity (Wildman–Crippen MR) is 89.7 cm³/mol. The van der Waals surface area contributed by atoms with Gasteiger partial charge in [-0.15, -0.1) is 0 Å². The third-order valence-electron chi connectivity index (χ3n) is 4.86. The van der Waals surface area contributed by atoms with Gasteiger partial charge in [0.15, 0.2) is 0 Å². The minimum atomic E-state index is 0.179. The quantitative estimate of drug-likeness (QED) is 0.898. The lowest BCUT2D eigenvalue weighted by Crippen LogP contribution is -2.62. The summed E-state index contributed by atoms with van der Waals surface area (Å²) in [5, 5.41) is 3.74. The van der Waals surface area contributed by atoms with Gasteiger partial charge in [0.05, 0.1) is 7.11 Å². The fraction of sp³-hybridized carbons (Fsp3) is 0.647. The fourth-order valence-corrected chi connectivity index (χ4v) is 3.62. The summed E-state index contributed by atoms with van der Waals surface area (Å²) in [6.45, 7) is 7.79. The average Bonchev–Trinajstić information content (AvgIpc) is 3.26. The zero-order chi connectivity index (χ0) is 15.0. The van der Waals surface area contributed by atoms with Crippen molar-refractivity contribution in [3.05, 3.63) is 28.2 Å². The summed E-state index contributed by atoms with van der Waals surface area (Å²) in [6.07, 6.45) is 2.79. The minimum absolute atomic E-state index is 0.179. The standard InChI is InChI=1S/C17H25BrN2O/c1-17(2)11-19-15(12-4-5-12)10-20(17)9-13-8-14(18)6-7-16(13)21-3/h6-8,12,15,19H,4-5,9-11H2,1-3H3. The number of ether oxygens (including phenoxy) is 1. The van der Waals surface area contributed by atoms with E-state index in [1.54, 1.807) is 7.11 Å². The van der Waals surface area contributed by atoms with Gasteiger partial charge in [-0.25, -0.2) is 0 Å². The van der Waals surface area contributed by atoms with E-state index in [2.05, 4.69) is 46.1 Å². The highest BCUT2D eigenvalue weighted by Crippen LogP contribution is 2.36. The summed E-state index contributed by atoms with van der Waals surface area (Å²) < 4.78 is 6.65. The van der Waals surface area contributed by atoms with Crippen LogP contribution in [0.15, 0.2) is 22.7 Å². The van der Waals surface area contributed by atoms with E-state index in [1.807, 2.05) is 12.1 Å². The number of nitrogens with zero attached hydrogens (tertiary/aromatic N) is 1. The number of hydrogen-bond acceptors (Lipinski definition) is 3. The maximum absolute atomic E-state index is 5.53. The third-order valence-corrected chi connectivity index (χ3v) is 5.36. The highest BCUT2D eigenvalue weighted by atomic mass is 79.9. The largest absolute Gasteiger partial charge is 0.496 e. The number of halogens is 1. The topological polar surface area (TPSA) is 24.5 Å². The van der Waals surface area contributed by atoms with E-state index in [9.17, 15) is 0 Å². The van der Waals surface area contributed by atoms with E-state index < -0.39 is 0 Å². The van der Waals surface area contributed by atoms with Crippen LogP contribution in [0.1, 0.15) is 32.3 Å². The Morgan fingerprint density at radius 2 is 2.14 bits per heavy atom. The lowest BCUT2D eigenvalue weighted by Gasteiger charge is -2.46. The molecule has 116 valence electrons. The molecule has 2 fully saturated rings. The van der Waals surface area contributed by atoms with Gasteiger partial charge in [0, 0.05) is 41.3 Å². The van der Waals surface area contributed by atoms with Gasteiger partial charge in [0.1, 0.15) is 5.75 Å². The van der Waals surface area contributed by atoms with E-state index >= 15 is 0 Å². The maximum Gasteiger partial charge on any atom is 0.123 e. The molecule has 1 aromatic carbocycles. The number of nitrogens with one attached hydrogen (secondary N) is 1. The van der Waals surface area contributed by atoms with Crippen LogP contribution in [0.5, 0.6) is 5.75 Å². The monoisotopic (exact) mass is 352 g/mol. The van der Waals surface area contributed by atoms with Gasteiger partial charge < -0.3 is 10.1 Å². The smallest absolute Gasteiger partial charge is 0.123 e. The molecule has 1 heterocycles. The molecule has 1 aromatic rings. The summed E-state index contributed by atoms with van der Waals surface area (Å²) in [4.78, 5) is 2.61. The van der Waals surface area contributed by atoms with Crippen molar-refractivity contribution < 1.29 is 4.74 Å². The zero-order valence-electron chi connectivity index (χ0n) is 13.2. The van der Waals surface area contributed by atoms with Crippen molar-refractivity contribution in [3.8, 4) is 5.75 Å². The molecule has 1 aliphatic heterocycles. The first-order chi connectivity index (χ1) is 9.99. The Bertz CT molecular complexity index is 514. The van der Waals surface area contributed by atoms with E-state index in [0.29, 0.717) is 6.04 Å². The first kappa shape index (κ1) is 15.3. The number of methoxy groups -OCH3 is 1. The van der Waals surface area contributed by atoms with Gasteiger partial charge in [-0.1, -0.05) is 15.9 Å². The van der Waals surface area contributed by atoms with Crippen LogP contribution < -0.4 is 10.1 Å². The predicted octanol–water partition coefficient (Wildman–Crippen LogP) is 3.42. The van der Waals surface area contributed by atoms with E-state index in [1.165, 1.54) is 18.4 Å². The van der Waals surface area contributed by atoms with Crippen molar-refractivity contribution in [1.82, 2.24) is 10.2 Å². The molecule has 1 N–H and O–H groups in total. The molecule has 0 radical (unpaired) electrons. The van der Waals surface area contributed by atoms with Gasteiger partial charge in [-0.2, -0.15) is 0 Å². The molecule has 4 heteroatoms. The van der Waals surface area contributed by atoms with Gasteiger partial charge in [0.25, 0.3) is 0 Å².